The van der Waals surface area contributed by atoms with Gasteiger partial charge in [0.25, 0.3) is 0 Å². The first kappa shape index (κ1) is 16.0. The monoisotopic (exact) mass is 270 g/mol. The molecule has 0 aromatic heterocycles. The van der Waals surface area contributed by atoms with Crippen LogP contribution in [0.2, 0.25) is 0 Å². The van der Waals surface area contributed by atoms with Crippen molar-refractivity contribution in [3.63, 3.8) is 0 Å². The molecule has 5 heteroatoms. The third kappa shape index (κ3) is 4.49. The second-order valence-electron chi connectivity index (χ2n) is 6.07. The molecule has 0 aliphatic carbocycles. The Kier molecular flexibility index (Phi) is 5.35. The lowest BCUT2D eigenvalue weighted by atomic mass is 9.96. The Labute approximate surface area is 115 Å². The molecule has 0 aromatic carbocycles. The van der Waals surface area contributed by atoms with Gasteiger partial charge in [-0.3, -0.25) is 14.5 Å². The molecule has 19 heavy (non-hydrogen) atoms. The van der Waals surface area contributed by atoms with E-state index in [4.69, 9.17) is 5.11 Å². The molecular weight excluding hydrogens is 244 g/mol. The smallest absolute Gasteiger partial charge is 0.307 e. The third-order valence-electron chi connectivity index (χ3n) is 4.07. The summed E-state index contributed by atoms with van der Waals surface area (Å²) in [5.41, 5.74) is -0.215. The first-order chi connectivity index (χ1) is 8.76. The highest BCUT2D eigenvalue weighted by molar-refractivity contribution is 5.82. The van der Waals surface area contributed by atoms with Gasteiger partial charge in [0, 0.05) is 12.1 Å². The number of piperidine rings is 1. The summed E-state index contributed by atoms with van der Waals surface area (Å²) in [5.74, 6) is -1.12. The maximum Gasteiger partial charge on any atom is 0.307 e. The fraction of sp³-hybridized carbons (Fsp3) is 0.857. The number of carbonyl (C=O) groups is 2. The molecule has 1 fully saturated rings. The Balaban J connectivity index is 2.59. The van der Waals surface area contributed by atoms with Crippen LogP contribution >= 0.6 is 0 Å². The van der Waals surface area contributed by atoms with E-state index in [0.29, 0.717) is 13.0 Å². The molecule has 2 atom stereocenters. The van der Waals surface area contributed by atoms with Gasteiger partial charge in [0.2, 0.25) is 5.91 Å². The van der Waals surface area contributed by atoms with Crippen molar-refractivity contribution in [2.24, 2.45) is 5.92 Å². The van der Waals surface area contributed by atoms with Gasteiger partial charge in [0.05, 0.1) is 12.0 Å². The highest BCUT2D eigenvalue weighted by Gasteiger charge is 2.32. The molecule has 0 spiro atoms. The van der Waals surface area contributed by atoms with Gasteiger partial charge in [-0.15, -0.1) is 0 Å². The number of aliphatic carboxylic acids is 1. The zero-order valence-corrected chi connectivity index (χ0v) is 12.4. The fourth-order valence-electron chi connectivity index (χ4n) is 2.25. The predicted octanol–water partition coefficient (Wildman–Crippen LogP) is 1.48. The lowest BCUT2D eigenvalue weighted by Crippen LogP contribution is -2.54. The third-order valence-corrected chi connectivity index (χ3v) is 4.07. The topological polar surface area (TPSA) is 69.6 Å². The SMILES string of the molecule is CCC(C)(C)NC(=O)C(C)N1CCCC(C(=O)O)C1. The number of carboxylic acids is 1. The quantitative estimate of drug-likeness (QED) is 0.794. The summed E-state index contributed by atoms with van der Waals surface area (Å²) in [6.07, 6.45) is 2.41. The maximum absolute atomic E-state index is 12.2. The number of carboxylic acid groups (broad SMARTS) is 1. The molecule has 5 nitrogen and oxygen atoms in total. The van der Waals surface area contributed by atoms with E-state index in [-0.39, 0.29) is 23.4 Å². The number of hydrogen-bond donors (Lipinski definition) is 2. The largest absolute Gasteiger partial charge is 0.481 e. The fourth-order valence-corrected chi connectivity index (χ4v) is 2.25. The number of hydrogen-bond acceptors (Lipinski definition) is 3. The zero-order chi connectivity index (χ0) is 14.6. The Morgan fingerprint density at radius 1 is 1.47 bits per heavy atom. The van der Waals surface area contributed by atoms with Crippen LogP contribution in [0.5, 0.6) is 0 Å². The number of likely N-dealkylation sites (tertiary alicyclic amines) is 1. The zero-order valence-electron chi connectivity index (χ0n) is 12.4. The Morgan fingerprint density at radius 3 is 2.63 bits per heavy atom. The summed E-state index contributed by atoms with van der Waals surface area (Å²) in [6, 6.07) is -0.270. The van der Waals surface area contributed by atoms with E-state index < -0.39 is 5.97 Å². The first-order valence-electron chi connectivity index (χ1n) is 7.05. The van der Waals surface area contributed by atoms with Crippen molar-refractivity contribution < 1.29 is 14.7 Å². The molecule has 2 unspecified atom stereocenters. The average Bonchev–Trinajstić information content (AvgIpc) is 2.37. The van der Waals surface area contributed by atoms with Crippen molar-refractivity contribution >= 4 is 11.9 Å². The lowest BCUT2D eigenvalue weighted by molar-refractivity contribution is -0.145. The molecule has 1 heterocycles. The van der Waals surface area contributed by atoms with Gasteiger partial charge in [0.1, 0.15) is 0 Å². The standard InChI is InChI=1S/C14H26N2O3/c1-5-14(3,4)15-12(17)10(2)16-8-6-7-11(9-16)13(18)19/h10-11H,5-9H2,1-4H3,(H,15,17)(H,18,19). The van der Waals surface area contributed by atoms with Gasteiger partial charge >= 0.3 is 5.97 Å². The van der Waals surface area contributed by atoms with Crippen LogP contribution in [0.15, 0.2) is 0 Å². The van der Waals surface area contributed by atoms with Crippen molar-refractivity contribution in [2.75, 3.05) is 13.1 Å². The molecule has 1 aliphatic heterocycles. The summed E-state index contributed by atoms with van der Waals surface area (Å²) >= 11 is 0. The minimum absolute atomic E-state index is 0.0158. The molecule has 0 saturated carbocycles. The Morgan fingerprint density at radius 2 is 2.11 bits per heavy atom. The second kappa shape index (κ2) is 6.37. The summed E-state index contributed by atoms with van der Waals surface area (Å²) in [5, 5.41) is 12.1. The molecular formula is C14H26N2O3. The number of carbonyl (C=O) groups excluding carboxylic acids is 1. The summed E-state index contributed by atoms with van der Waals surface area (Å²) in [6.45, 7) is 9.14. The van der Waals surface area contributed by atoms with E-state index >= 15 is 0 Å². The van der Waals surface area contributed by atoms with Gasteiger partial charge in [0.15, 0.2) is 0 Å². The number of rotatable bonds is 5. The summed E-state index contributed by atoms with van der Waals surface area (Å²) < 4.78 is 0. The normalized spacial score (nSPS) is 22.8. The van der Waals surface area contributed by atoms with Crippen LogP contribution in [0.1, 0.15) is 47.0 Å². The van der Waals surface area contributed by atoms with E-state index in [1.807, 2.05) is 32.6 Å². The van der Waals surface area contributed by atoms with E-state index in [2.05, 4.69) is 5.32 Å². The van der Waals surface area contributed by atoms with Crippen molar-refractivity contribution in [2.45, 2.75) is 58.5 Å². The van der Waals surface area contributed by atoms with Crippen LogP contribution < -0.4 is 5.32 Å². The number of nitrogens with zero attached hydrogens (tertiary/aromatic N) is 1. The minimum atomic E-state index is -0.758. The van der Waals surface area contributed by atoms with Crippen molar-refractivity contribution in [1.29, 1.82) is 0 Å². The van der Waals surface area contributed by atoms with Gasteiger partial charge in [-0.25, -0.2) is 0 Å². The Bertz CT molecular complexity index is 342. The van der Waals surface area contributed by atoms with Crippen LogP contribution in [-0.4, -0.2) is 46.6 Å². The van der Waals surface area contributed by atoms with Crippen molar-refractivity contribution in [3.05, 3.63) is 0 Å². The first-order valence-corrected chi connectivity index (χ1v) is 7.05. The summed E-state index contributed by atoms with van der Waals surface area (Å²) in [7, 11) is 0. The van der Waals surface area contributed by atoms with Gasteiger partial charge in [-0.1, -0.05) is 6.92 Å². The van der Waals surface area contributed by atoms with Gasteiger partial charge in [-0.05, 0) is 46.6 Å². The molecule has 0 radical (unpaired) electrons. The van der Waals surface area contributed by atoms with Gasteiger partial charge < -0.3 is 10.4 Å². The van der Waals surface area contributed by atoms with E-state index in [9.17, 15) is 9.59 Å². The molecule has 1 saturated heterocycles. The molecule has 1 rings (SSSR count). The molecule has 0 aromatic rings. The number of nitrogens with one attached hydrogen (secondary N) is 1. The van der Waals surface area contributed by atoms with E-state index in [1.165, 1.54) is 0 Å². The molecule has 1 amide bonds. The van der Waals surface area contributed by atoms with Crippen molar-refractivity contribution in [3.8, 4) is 0 Å². The predicted molar refractivity (Wildman–Crippen MR) is 73.9 cm³/mol. The van der Waals surface area contributed by atoms with Crippen LogP contribution in [0.3, 0.4) is 0 Å². The van der Waals surface area contributed by atoms with Crippen LogP contribution in [0.25, 0.3) is 0 Å². The lowest BCUT2D eigenvalue weighted by Gasteiger charge is -2.36. The molecule has 1 aliphatic rings. The molecule has 2 N–H and O–H groups in total. The maximum atomic E-state index is 12.2. The summed E-state index contributed by atoms with van der Waals surface area (Å²) in [4.78, 5) is 25.2. The van der Waals surface area contributed by atoms with Crippen LogP contribution in [-0.2, 0) is 9.59 Å². The minimum Gasteiger partial charge on any atom is -0.481 e. The highest BCUT2D eigenvalue weighted by Crippen LogP contribution is 2.19. The molecule has 110 valence electrons. The van der Waals surface area contributed by atoms with Gasteiger partial charge in [-0.2, -0.15) is 0 Å². The Hall–Kier alpha value is -1.10. The van der Waals surface area contributed by atoms with Crippen LogP contribution in [0, 0.1) is 5.92 Å². The number of amides is 1. The van der Waals surface area contributed by atoms with Crippen LogP contribution in [0.4, 0.5) is 0 Å². The van der Waals surface area contributed by atoms with Crippen molar-refractivity contribution in [1.82, 2.24) is 10.2 Å². The molecule has 0 bridgehead atoms. The second-order valence-corrected chi connectivity index (χ2v) is 6.07. The highest BCUT2D eigenvalue weighted by atomic mass is 16.4. The van der Waals surface area contributed by atoms with E-state index in [0.717, 1.165) is 19.4 Å². The van der Waals surface area contributed by atoms with E-state index in [1.54, 1.807) is 0 Å². The average molecular weight is 270 g/mol.